The molecule has 3 N–H and O–H groups in total. The molecule has 0 heterocycles. The smallest absolute Gasteiger partial charge is 0.168 e. The van der Waals surface area contributed by atoms with Gasteiger partial charge in [0.1, 0.15) is 0 Å². The first kappa shape index (κ1) is 13.1. The summed E-state index contributed by atoms with van der Waals surface area (Å²) in [6.45, 7) is 5.92. The summed E-state index contributed by atoms with van der Waals surface area (Å²) < 4.78 is 0. The monoisotopic (exact) mass is 257 g/mol. The van der Waals surface area contributed by atoms with E-state index in [1.165, 1.54) is 0 Å². The molecular weight excluding hydrogens is 242 g/mol. The van der Waals surface area contributed by atoms with Gasteiger partial charge in [0.05, 0.1) is 16.4 Å². The Bertz CT molecular complexity index is 377. The summed E-state index contributed by atoms with van der Waals surface area (Å²) in [7, 11) is 0. The van der Waals surface area contributed by atoms with Crippen LogP contribution in [0.3, 0.4) is 0 Å². The maximum Gasteiger partial charge on any atom is 0.168 e. The van der Waals surface area contributed by atoms with Gasteiger partial charge >= 0.3 is 0 Å². The predicted octanol–water partition coefficient (Wildman–Crippen LogP) is 2.84. The lowest BCUT2D eigenvalue weighted by Gasteiger charge is -2.25. The van der Waals surface area contributed by atoms with Gasteiger partial charge in [0, 0.05) is 13.1 Å². The molecule has 0 atom stereocenters. The highest BCUT2D eigenvalue weighted by molar-refractivity contribution is 7.80. The lowest BCUT2D eigenvalue weighted by atomic mass is 10.2. The van der Waals surface area contributed by atoms with Gasteiger partial charge in [-0.2, -0.15) is 0 Å². The van der Waals surface area contributed by atoms with E-state index in [1.54, 1.807) is 0 Å². The molecule has 0 radical (unpaired) electrons. The van der Waals surface area contributed by atoms with Crippen LogP contribution in [0.2, 0.25) is 5.02 Å². The lowest BCUT2D eigenvalue weighted by Crippen LogP contribution is -2.26. The van der Waals surface area contributed by atoms with E-state index in [4.69, 9.17) is 29.6 Å². The minimum absolute atomic E-state index is 0.246. The number of hydrogen-bond donors (Lipinski definition) is 2. The number of hydrogen-bond acceptors (Lipinski definition) is 2. The van der Waals surface area contributed by atoms with Crippen molar-refractivity contribution in [2.45, 2.75) is 13.8 Å². The maximum atomic E-state index is 6.20. The van der Waals surface area contributed by atoms with Crippen LogP contribution in [0.15, 0.2) is 18.2 Å². The number of thiocarbonyl (C=S) groups is 1. The zero-order chi connectivity index (χ0) is 12.1. The molecule has 0 aliphatic rings. The Morgan fingerprint density at radius 2 is 2.06 bits per heavy atom. The summed E-state index contributed by atoms with van der Waals surface area (Å²) in [5.41, 5.74) is 7.28. The molecule has 88 valence electrons. The summed E-state index contributed by atoms with van der Waals surface area (Å²) in [5, 5.41) is 3.89. The van der Waals surface area contributed by atoms with Crippen LogP contribution in [0, 0.1) is 0 Å². The number of rotatable bonds is 4. The number of nitrogens with two attached hydrogens (primary N) is 1. The zero-order valence-corrected chi connectivity index (χ0v) is 11.0. The van der Waals surface area contributed by atoms with Crippen molar-refractivity contribution in [3.63, 3.8) is 0 Å². The molecule has 0 fully saturated rings. The van der Waals surface area contributed by atoms with Crippen LogP contribution in [0.1, 0.15) is 13.8 Å². The van der Waals surface area contributed by atoms with Gasteiger partial charge in [-0.3, -0.25) is 0 Å². The van der Waals surface area contributed by atoms with E-state index in [1.807, 2.05) is 18.2 Å². The van der Waals surface area contributed by atoms with Gasteiger partial charge in [0.2, 0.25) is 0 Å². The van der Waals surface area contributed by atoms with Gasteiger partial charge < -0.3 is 16.0 Å². The molecule has 1 aromatic rings. The third kappa shape index (κ3) is 3.00. The summed E-state index contributed by atoms with van der Waals surface area (Å²) >= 11 is 11.0. The second kappa shape index (κ2) is 5.92. The normalized spacial score (nSPS) is 9.94. The van der Waals surface area contributed by atoms with Crippen LogP contribution in [-0.4, -0.2) is 18.2 Å². The van der Waals surface area contributed by atoms with Crippen molar-refractivity contribution in [1.29, 1.82) is 0 Å². The second-order valence-electron chi connectivity index (χ2n) is 3.30. The van der Waals surface area contributed by atoms with Crippen molar-refractivity contribution in [3.8, 4) is 0 Å². The molecule has 0 saturated heterocycles. The number of para-hydroxylation sites is 1. The molecule has 0 unspecified atom stereocenters. The van der Waals surface area contributed by atoms with Crippen LogP contribution in [-0.2, 0) is 0 Å². The predicted molar refractivity (Wildman–Crippen MR) is 75.4 cm³/mol. The van der Waals surface area contributed by atoms with Crippen molar-refractivity contribution < 1.29 is 0 Å². The molecule has 1 rings (SSSR count). The van der Waals surface area contributed by atoms with Gasteiger partial charge in [-0.05, 0) is 38.2 Å². The second-order valence-corrected chi connectivity index (χ2v) is 4.14. The fraction of sp³-hybridized carbons (Fsp3) is 0.364. The van der Waals surface area contributed by atoms with Gasteiger partial charge in [-0.25, -0.2) is 0 Å². The summed E-state index contributed by atoms with van der Waals surface area (Å²) in [4.78, 5) is 2.16. The van der Waals surface area contributed by atoms with Crippen molar-refractivity contribution in [1.82, 2.24) is 0 Å². The summed E-state index contributed by atoms with van der Waals surface area (Å²) in [5.74, 6) is 0. The highest BCUT2D eigenvalue weighted by Crippen LogP contribution is 2.33. The molecule has 0 aliphatic heterocycles. The quantitative estimate of drug-likeness (QED) is 0.814. The molecule has 0 saturated carbocycles. The van der Waals surface area contributed by atoms with Crippen molar-refractivity contribution >= 4 is 40.3 Å². The molecule has 5 heteroatoms. The third-order valence-electron chi connectivity index (χ3n) is 2.32. The Kier molecular flexibility index (Phi) is 4.83. The van der Waals surface area contributed by atoms with E-state index < -0.39 is 0 Å². The van der Waals surface area contributed by atoms with Crippen LogP contribution >= 0.6 is 23.8 Å². The number of nitrogens with one attached hydrogen (secondary N) is 1. The average Bonchev–Trinajstić information content (AvgIpc) is 2.22. The molecule has 0 aliphatic carbocycles. The Labute approximate surface area is 107 Å². The molecular formula is C11H16ClN3S. The fourth-order valence-electron chi connectivity index (χ4n) is 1.61. The standard InChI is InChI=1S/C11H16ClN3S/c1-3-15(4-2)10-8(12)6-5-7-9(10)14-11(13)16/h5-7H,3-4H2,1-2H3,(H3,13,14,16). The van der Waals surface area contributed by atoms with Gasteiger partial charge in [0.25, 0.3) is 0 Å². The maximum absolute atomic E-state index is 6.20. The van der Waals surface area contributed by atoms with E-state index in [9.17, 15) is 0 Å². The van der Waals surface area contributed by atoms with Crippen molar-refractivity contribution in [2.24, 2.45) is 5.73 Å². The lowest BCUT2D eigenvalue weighted by molar-refractivity contribution is 0.868. The number of nitrogens with zero attached hydrogens (tertiary/aromatic N) is 1. The topological polar surface area (TPSA) is 41.3 Å². The minimum atomic E-state index is 0.246. The van der Waals surface area contributed by atoms with Crippen LogP contribution in [0.4, 0.5) is 11.4 Å². The van der Waals surface area contributed by atoms with E-state index in [-0.39, 0.29) is 5.11 Å². The van der Waals surface area contributed by atoms with Gasteiger partial charge in [-0.1, -0.05) is 17.7 Å². The molecule has 0 spiro atoms. The summed E-state index contributed by atoms with van der Waals surface area (Å²) in [6.07, 6.45) is 0. The van der Waals surface area contributed by atoms with E-state index in [0.717, 1.165) is 24.5 Å². The van der Waals surface area contributed by atoms with Gasteiger partial charge in [-0.15, -0.1) is 0 Å². The Morgan fingerprint density at radius 1 is 1.44 bits per heavy atom. The first-order valence-corrected chi connectivity index (χ1v) is 5.98. The molecule has 3 nitrogen and oxygen atoms in total. The summed E-state index contributed by atoms with van der Waals surface area (Å²) in [6, 6.07) is 5.65. The van der Waals surface area contributed by atoms with E-state index in [2.05, 4.69) is 24.1 Å². The van der Waals surface area contributed by atoms with Crippen LogP contribution < -0.4 is 16.0 Å². The highest BCUT2D eigenvalue weighted by Gasteiger charge is 2.12. The average molecular weight is 258 g/mol. The molecule has 0 amide bonds. The van der Waals surface area contributed by atoms with Crippen molar-refractivity contribution in [2.75, 3.05) is 23.3 Å². The number of benzene rings is 1. The molecule has 0 bridgehead atoms. The van der Waals surface area contributed by atoms with E-state index >= 15 is 0 Å². The number of anilines is 2. The molecule has 0 aromatic heterocycles. The first-order chi connectivity index (χ1) is 7.60. The number of halogens is 1. The minimum Gasteiger partial charge on any atom is -0.376 e. The van der Waals surface area contributed by atoms with Crippen molar-refractivity contribution in [3.05, 3.63) is 23.2 Å². The first-order valence-electron chi connectivity index (χ1n) is 5.20. The Balaban J connectivity index is 3.16. The zero-order valence-electron chi connectivity index (χ0n) is 9.46. The SMILES string of the molecule is CCN(CC)c1c(Cl)cccc1NC(N)=S. The Morgan fingerprint density at radius 3 is 2.56 bits per heavy atom. The van der Waals surface area contributed by atoms with Gasteiger partial charge in [0.15, 0.2) is 5.11 Å². The van der Waals surface area contributed by atoms with Crippen LogP contribution in [0.25, 0.3) is 0 Å². The third-order valence-corrected chi connectivity index (χ3v) is 2.73. The Hall–Kier alpha value is -1.00. The van der Waals surface area contributed by atoms with E-state index in [0.29, 0.717) is 5.02 Å². The molecule has 16 heavy (non-hydrogen) atoms. The fourth-order valence-corrected chi connectivity index (χ4v) is 2.01. The largest absolute Gasteiger partial charge is 0.376 e. The molecule has 1 aromatic carbocycles. The highest BCUT2D eigenvalue weighted by atomic mass is 35.5. The van der Waals surface area contributed by atoms with Crippen LogP contribution in [0.5, 0.6) is 0 Å².